The maximum atomic E-state index is 14.3. The summed E-state index contributed by atoms with van der Waals surface area (Å²) < 4.78 is 0. The lowest BCUT2D eigenvalue weighted by molar-refractivity contribution is -0.384. The Morgan fingerprint density at radius 1 is 0.713 bits per heavy atom. The van der Waals surface area contributed by atoms with Gasteiger partial charge in [0.15, 0.2) is 5.96 Å². The fourth-order valence-corrected chi connectivity index (χ4v) is 8.69. The molecule has 8 atom stereocenters. The number of nitrogens with zero attached hydrogens (tertiary/aromatic N) is 4. The standard InChI is InChI=1S/C54H78N18O15/c1-28(2)44(69-49(81)37(8-6-18-59-54(56)57)66-41(75)23-60-47(79)36(55)26-73)52(84)70-45(29(3)4)53(85)71-19-7-9-40(71)51(83)62-25-43(77)67-38(20-31-10-16-35(74)17-11-31)48(80)61-24-42(76)68-39(21-33-22-58-27-63-33)50(82)64-30(5)46(78)65-32-12-14-34(15-13-32)72(86)87/h10-17,22,27-30,36-40,44-45,73-74H,6-9,18-21,23-26,55H2,1-5H3,(H,58,63)(H,60,79)(H,61,80)(H,62,83)(H,64,82)(H,65,78)(H,66,75)(H,67,77)(H,68,76)(H,69,81)(H,70,84)(H4,56,57,59)/t30-,36-,37-,38-,39-,40-,44-,45-/m0/s1. The van der Waals surface area contributed by atoms with Crippen LogP contribution in [0, 0.1) is 22.0 Å². The summed E-state index contributed by atoms with van der Waals surface area (Å²) in [5, 5.41) is 55.3. The number of aromatic nitrogens is 2. The number of nitro benzene ring substituents is 1. The number of benzene rings is 2. The minimum atomic E-state index is -1.39. The molecule has 1 aliphatic rings. The number of aromatic hydroxyl groups is 1. The topological polar surface area (TPSA) is 514 Å². The molecule has 11 amide bonds. The molecule has 1 saturated heterocycles. The van der Waals surface area contributed by atoms with E-state index in [1.54, 1.807) is 27.7 Å². The van der Waals surface area contributed by atoms with E-state index in [0.29, 0.717) is 17.7 Å². The quantitative estimate of drug-likeness (QED) is 0.00897. The summed E-state index contributed by atoms with van der Waals surface area (Å²) in [6.45, 7) is 5.46. The third-order valence-corrected chi connectivity index (χ3v) is 13.5. The molecule has 19 N–H and O–H groups in total. The Balaban J connectivity index is 1.39. The van der Waals surface area contributed by atoms with Crippen LogP contribution in [0.15, 0.2) is 66.0 Å². The lowest BCUT2D eigenvalue weighted by Crippen LogP contribution is -2.60. The predicted molar refractivity (Wildman–Crippen MR) is 311 cm³/mol. The van der Waals surface area contributed by atoms with Crippen molar-refractivity contribution >= 4 is 82.3 Å². The van der Waals surface area contributed by atoms with Gasteiger partial charge < -0.3 is 90.5 Å². The molecular formula is C54H78N18O15. The molecule has 87 heavy (non-hydrogen) atoms. The first-order valence-corrected chi connectivity index (χ1v) is 27.8. The molecule has 2 heterocycles. The molecule has 4 rings (SSSR count). The van der Waals surface area contributed by atoms with Crippen molar-refractivity contribution in [1.29, 1.82) is 0 Å². The number of aromatic amines is 1. The van der Waals surface area contributed by atoms with Gasteiger partial charge in [-0.15, -0.1) is 0 Å². The van der Waals surface area contributed by atoms with Crippen molar-refractivity contribution in [1.82, 2.24) is 62.7 Å². The Morgan fingerprint density at radius 2 is 1.28 bits per heavy atom. The number of phenolic OH excluding ortho intramolecular Hbond substituents is 1. The van der Waals surface area contributed by atoms with Crippen LogP contribution in [0.3, 0.4) is 0 Å². The van der Waals surface area contributed by atoms with Crippen molar-refractivity contribution in [2.75, 3.05) is 44.6 Å². The molecule has 1 aromatic heterocycles. The second-order valence-electron chi connectivity index (χ2n) is 21.1. The molecule has 1 aliphatic heterocycles. The monoisotopic (exact) mass is 1220 g/mol. The zero-order chi connectivity index (χ0) is 64.5. The number of nitro groups is 1. The van der Waals surface area contributed by atoms with Gasteiger partial charge in [-0.2, -0.15) is 0 Å². The smallest absolute Gasteiger partial charge is 0.269 e. The van der Waals surface area contributed by atoms with E-state index in [9.17, 15) is 68.0 Å². The number of nitrogens with two attached hydrogens (primary N) is 3. The third-order valence-electron chi connectivity index (χ3n) is 13.5. The Labute approximate surface area is 499 Å². The SMILES string of the molecule is CC(C)[C@H](NC(=O)[C@H](CCCN=C(N)N)NC(=O)CNC(=O)[C@@H](N)CO)C(=O)N[C@H](C(=O)N1CCC[C@H]1C(=O)NCC(=O)N[C@@H](Cc1ccc(O)cc1)C(=O)NCC(=O)N[C@@H](Cc1cnc[nH]1)C(=O)N[C@@H](C)C(=O)Nc1ccc([N+](=O)[O-])cc1)C(C)C. The van der Waals surface area contributed by atoms with E-state index >= 15 is 0 Å². The van der Waals surface area contributed by atoms with Gasteiger partial charge in [0.1, 0.15) is 54.1 Å². The van der Waals surface area contributed by atoms with Crippen LogP contribution in [0.5, 0.6) is 5.75 Å². The minimum absolute atomic E-state index is 0.0154. The first-order valence-electron chi connectivity index (χ1n) is 27.8. The number of H-pyrrole nitrogens is 1. The van der Waals surface area contributed by atoms with Gasteiger partial charge in [-0.3, -0.25) is 67.8 Å². The summed E-state index contributed by atoms with van der Waals surface area (Å²) in [5.74, 6) is -10.0. The number of phenols is 1. The second kappa shape index (κ2) is 34.2. The number of hydrogen-bond donors (Lipinski definition) is 16. The highest BCUT2D eigenvalue weighted by molar-refractivity contribution is 6.00. The number of aliphatic hydroxyl groups is 1. The number of carbonyl (C=O) groups excluding carboxylic acids is 11. The normalized spacial score (nSPS) is 15.1. The number of imidazole rings is 1. The van der Waals surface area contributed by atoms with Gasteiger partial charge in [0.05, 0.1) is 37.5 Å². The zero-order valence-corrected chi connectivity index (χ0v) is 48.8. The van der Waals surface area contributed by atoms with E-state index in [1.165, 1.54) is 72.9 Å². The Morgan fingerprint density at radius 3 is 1.84 bits per heavy atom. The van der Waals surface area contributed by atoms with Gasteiger partial charge in [-0.1, -0.05) is 39.8 Å². The van der Waals surface area contributed by atoms with Crippen LogP contribution in [0.1, 0.15) is 71.6 Å². The fourth-order valence-electron chi connectivity index (χ4n) is 8.69. The van der Waals surface area contributed by atoms with Crippen molar-refractivity contribution in [3.63, 3.8) is 0 Å². The summed E-state index contributed by atoms with van der Waals surface area (Å²) in [6.07, 6.45) is 3.16. The number of likely N-dealkylation sites (tertiary alicyclic amines) is 1. The van der Waals surface area contributed by atoms with Gasteiger partial charge in [-0.25, -0.2) is 4.98 Å². The number of aliphatic hydroxyl groups excluding tert-OH is 1. The molecule has 0 saturated carbocycles. The number of carbonyl (C=O) groups is 11. The van der Waals surface area contributed by atoms with Crippen LogP contribution in [-0.4, -0.2) is 189 Å². The zero-order valence-electron chi connectivity index (χ0n) is 48.8. The molecule has 33 nitrogen and oxygen atoms in total. The van der Waals surface area contributed by atoms with Crippen molar-refractivity contribution in [2.24, 2.45) is 34.0 Å². The van der Waals surface area contributed by atoms with Gasteiger partial charge in [0, 0.05) is 55.6 Å². The summed E-state index contributed by atoms with van der Waals surface area (Å²) >= 11 is 0. The molecule has 0 unspecified atom stereocenters. The number of guanidine groups is 1. The average Bonchev–Trinajstić information content (AvgIpc) is 2.53. The summed E-state index contributed by atoms with van der Waals surface area (Å²) in [4.78, 5) is 170. The lowest BCUT2D eigenvalue weighted by atomic mass is 9.98. The first kappa shape index (κ1) is 69.7. The number of aliphatic imine (C=N–C) groups is 1. The Kier molecular flexibility index (Phi) is 27.4. The molecule has 33 heteroatoms. The lowest BCUT2D eigenvalue weighted by Gasteiger charge is -2.32. The molecule has 0 bridgehead atoms. The van der Waals surface area contributed by atoms with Crippen LogP contribution in [-0.2, 0) is 65.6 Å². The number of amides is 11. The van der Waals surface area contributed by atoms with E-state index in [-0.39, 0.29) is 68.3 Å². The Bertz CT molecular complexity index is 2920. The highest BCUT2D eigenvalue weighted by atomic mass is 16.6. The number of rotatable bonds is 33. The van der Waals surface area contributed by atoms with Crippen molar-refractivity contribution < 1.29 is 67.9 Å². The van der Waals surface area contributed by atoms with Crippen molar-refractivity contribution in [3.8, 4) is 5.75 Å². The average molecular weight is 1220 g/mol. The van der Waals surface area contributed by atoms with E-state index in [0.717, 1.165) is 0 Å². The van der Waals surface area contributed by atoms with Crippen LogP contribution in [0.2, 0.25) is 0 Å². The molecule has 0 radical (unpaired) electrons. The van der Waals surface area contributed by atoms with Crippen LogP contribution < -0.4 is 70.4 Å². The molecular weight excluding hydrogens is 1140 g/mol. The van der Waals surface area contributed by atoms with E-state index < -0.39 is 156 Å². The molecule has 2 aromatic carbocycles. The van der Waals surface area contributed by atoms with Gasteiger partial charge >= 0.3 is 0 Å². The Hall–Kier alpha value is -9.79. The first-order chi connectivity index (χ1) is 41.2. The fraction of sp³-hybridized carbons (Fsp3) is 0.500. The van der Waals surface area contributed by atoms with Crippen LogP contribution in [0.25, 0.3) is 0 Å². The van der Waals surface area contributed by atoms with Crippen LogP contribution >= 0.6 is 0 Å². The maximum absolute atomic E-state index is 14.3. The van der Waals surface area contributed by atoms with Crippen molar-refractivity contribution in [3.05, 3.63) is 82.4 Å². The molecule has 0 spiro atoms. The maximum Gasteiger partial charge on any atom is 0.269 e. The molecule has 1 fully saturated rings. The molecule has 0 aliphatic carbocycles. The number of anilines is 1. The highest BCUT2D eigenvalue weighted by Gasteiger charge is 2.40. The van der Waals surface area contributed by atoms with E-state index in [2.05, 4.69) is 68.1 Å². The third kappa shape index (κ3) is 23.0. The summed E-state index contributed by atoms with van der Waals surface area (Å²) in [7, 11) is 0. The largest absolute Gasteiger partial charge is 0.508 e. The van der Waals surface area contributed by atoms with Crippen molar-refractivity contribution in [2.45, 2.75) is 121 Å². The van der Waals surface area contributed by atoms with Gasteiger partial charge in [-0.05, 0) is 74.3 Å². The minimum Gasteiger partial charge on any atom is -0.508 e. The van der Waals surface area contributed by atoms with Crippen LogP contribution in [0.4, 0.5) is 11.4 Å². The highest BCUT2D eigenvalue weighted by Crippen LogP contribution is 2.22. The van der Waals surface area contributed by atoms with Gasteiger partial charge in [0.2, 0.25) is 65.0 Å². The number of nitrogens with one attached hydrogen (secondary N) is 11. The van der Waals surface area contributed by atoms with E-state index in [4.69, 9.17) is 22.3 Å². The number of hydrogen-bond acceptors (Lipinski definition) is 18. The number of non-ortho nitro benzene ring substituents is 1. The molecule has 3 aromatic rings. The molecule has 474 valence electrons. The summed E-state index contributed by atoms with van der Waals surface area (Å²) in [5.41, 5.74) is 17.2. The van der Waals surface area contributed by atoms with Gasteiger partial charge in [0.25, 0.3) is 5.69 Å². The second-order valence-corrected chi connectivity index (χ2v) is 21.1. The predicted octanol–water partition coefficient (Wildman–Crippen LogP) is -4.60. The summed E-state index contributed by atoms with van der Waals surface area (Å²) in [6, 6.07) is 0.642. The van der Waals surface area contributed by atoms with E-state index in [1.807, 2.05) is 0 Å².